The van der Waals surface area contributed by atoms with Crippen LogP contribution in [0.25, 0.3) is 0 Å². The van der Waals surface area contributed by atoms with Gasteiger partial charge in [0.05, 0.1) is 5.69 Å². The van der Waals surface area contributed by atoms with E-state index in [4.69, 9.17) is 4.98 Å². The highest BCUT2D eigenvalue weighted by molar-refractivity contribution is 5.26. The molecule has 18 heavy (non-hydrogen) atoms. The van der Waals surface area contributed by atoms with E-state index in [1.807, 2.05) is 0 Å². The van der Waals surface area contributed by atoms with Crippen LogP contribution in [0.4, 0.5) is 0 Å². The molecule has 1 fully saturated rings. The molecule has 3 rings (SSSR count). The number of imidazole rings is 1. The molecule has 0 radical (unpaired) electrons. The van der Waals surface area contributed by atoms with E-state index in [0.29, 0.717) is 0 Å². The molecule has 3 heteroatoms. The van der Waals surface area contributed by atoms with Crippen molar-refractivity contribution in [2.45, 2.75) is 70.9 Å². The van der Waals surface area contributed by atoms with E-state index in [1.165, 1.54) is 42.9 Å². The van der Waals surface area contributed by atoms with Gasteiger partial charge in [0.15, 0.2) is 0 Å². The summed E-state index contributed by atoms with van der Waals surface area (Å²) < 4.78 is 2.60. The van der Waals surface area contributed by atoms with E-state index < -0.39 is 0 Å². The van der Waals surface area contributed by atoms with Crippen molar-refractivity contribution in [1.82, 2.24) is 14.9 Å². The third kappa shape index (κ3) is 1.99. The summed E-state index contributed by atoms with van der Waals surface area (Å²) in [6.07, 6.45) is 6.30. The number of nitrogens with zero attached hydrogens (tertiary/aromatic N) is 2. The summed E-state index contributed by atoms with van der Waals surface area (Å²) in [7, 11) is 0. The van der Waals surface area contributed by atoms with Gasteiger partial charge in [0.1, 0.15) is 5.82 Å². The zero-order valence-corrected chi connectivity index (χ0v) is 11.9. The lowest BCUT2D eigenvalue weighted by atomic mass is 9.96. The van der Waals surface area contributed by atoms with Crippen molar-refractivity contribution in [2.24, 2.45) is 0 Å². The molecular weight excluding hydrogens is 222 g/mol. The first-order chi connectivity index (χ1) is 8.63. The SMILES string of the molecule is CCCC(C)(C)n1c(C2CC2)nc2c1CCNC2. The van der Waals surface area contributed by atoms with Crippen LogP contribution in [0.1, 0.15) is 69.6 Å². The highest BCUT2D eigenvalue weighted by Gasteiger charge is 2.36. The molecule has 1 N–H and O–H groups in total. The van der Waals surface area contributed by atoms with E-state index in [0.717, 1.165) is 25.4 Å². The van der Waals surface area contributed by atoms with Crippen molar-refractivity contribution < 1.29 is 0 Å². The van der Waals surface area contributed by atoms with Crippen LogP contribution in [-0.4, -0.2) is 16.1 Å². The summed E-state index contributed by atoms with van der Waals surface area (Å²) in [5, 5.41) is 3.45. The topological polar surface area (TPSA) is 29.9 Å². The van der Waals surface area contributed by atoms with Gasteiger partial charge in [-0.3, -0.25) is 0 Å². The zero-order valence-electron chi connectivity index (χ0n) is 11.9. The molecule has 2 aliphatic rings. The fourth-order valence-corrected chi connectivity index (χ4v) is 3.35. The zero-order chi connectivity index (χ0) is 12.8. The van der Waals surface area contributed by atoms with Crippen LogP contribution < -0.4 is 5.32 Å². The molecule has 2 heterocycles. The Labute approximate surface area is 110 Å². The van der Waals surface area contributed by atoms with Gasteiger partial charge in [0.25, 0.3) is 0 Å². The van der Waals surface area contributed by atoms with Crippen molar-refractivity contribution >= 4 is 0 Å². The van der Waals surface area contributed by atoms with Crippen molar-refractivity contribution in [3.8, 4) is 0 Å². The first-order valence-electron chi connectivity index (χ1n) is 7.45. The summed E-state index contributed by atoms with van der Waals surface area (Å²) in [4.78, 5) is 4.96. The largest absolute Gasteiger partial charge is 0.326 e. The lowest BCUT2D eigenvalue weighted by Crippen LogP contribution is -2.32. The Morgan fingerprint density at radius 3 is 2.83 bits per heavy atom. The molecule has 3 nitrogen and oxygen atoms in total. The average Bonchev–Trinajstić information content (AvgIpc) is 3.08. The van der Waals surface area contributed by atoms with Crippen LogP contribution in [-0.2, 0) is 18.5 Å². The molecule has 1 aromatic heterocycles. The molecule has 0 amide bonds. The third-order valence-electron chi connectivity index (χ3n) is 4.32. The maximum Gasteiger partial charge on any atom is 0.112 e. The average molecular weight is 247 g/mol. The van der Waals surface area contributed by atoms with Crippen LogP contribution in [0, 0.1) is 0 Å². The van der Waals surface area contributed by atoms with Crippen LogP contribution in [0.5, 0.6) is 0 Å². The van der Waals surface area contributed by atoms with E-state index in [1.54, 1.807) is 0 Å². The molecule has 0 unspecified atom stereocenters. The molecule has 1 aliphatic carbocycles. The summed E-state index contributed by atoms with van der Waals surface area (Å²) >= 11 is 0. The monoisotopic (exact) mass is 247 g/mol. The first kappa shape index (κ1) is 12.2. The molecule has 1 aliphatic heterocycles. The molecule has 1 aromatic rings. The van der Waals surface area contributed by atoms with Crippen molar-refractivity contribution in [2.75, 3.05) is 6.54 Å². The van der Waals surface area contributed by atoms with Crippen molar-refractivity contribution in [3.05, 3.63) is 17.2 Å². The van der Waals surface area contributed by atoms with Gasteiger partial charge in [0.2, 0.25) is 0 Å². The minimum atomic E-state index is 0.227. The predicted octanol–water partition coefficient (Wildman–Crippen LogP) is 2.94. The van der Waals surface area contributed by atoms with E-state index >= 15 is 0 Å². The maximum atomic E-state index is 4.96. The van der Waals surface area contributed by atoms with Gasteiger partial charge in [-0.25, -0.2) is 4.98 Å². The molecule has 0 saturated heterocycles. The van der Waals surface area contributed by atoms with Crippen LogP contribution in [0.15, 0.2) is 0 Å². The van der Waals surface area contributed by atoms with Gasteiger partial charge in [-0.1, -0.05) is 13.3 Å². The molecular formula is C15H25N3. The van der Waals surface area contributed by atoms with Gasteiger partial charge >= 0.3 is 0 Å². The molecule has 100 valence electrons. The molecule has 1 saturated carbocycles. The Morgan fingerprint density at radius 2 is 2.17 bits per heavy atom. The molecule has 0 aromatic carbocycles. The van der Waals surface area contributed by atoms with Gasteiger partial charge in [-0.2, -0.15) is 0 Å². The lowest BCUT2D eigenvalue weighted by molar-refractivity contribution is 0.303. The fraction of sp³-hybridized carbons (Fsp3) is 0.800. The number of fused-ring (bicyclic) bond motifs is 1. The fourth-order valence-electron chi connectivity index (χ4n) is 3.35. The van der Waals surface area contributed by atoms with Gasteiger partial charge < -0.3 is 9.88 Å². The second-order valence-corrected chi connectivity index (χ2v) is 6.46. The molecule has 0 atom stereocenters. The van der Waals surface area contributed by atoms with E-state index in [-0.39, 0.29) is 5.54 Å². The Kier molecular flexibility index (Phi) is 2.97. The second kappa shape index (κ2) is 4.37. The standard InChI is InChI=1S/C15H25N3/c1-4-8-15(2,3)18-13-7-9-16-10-12(13)17-14(18)11-5-6-11/h11,16H,4-10H2,1-3H3. The molecule has 0 spiro atoms. The maximum absolute atomic E-state index is 4.96. The third-order valence-corrected chi connectivity index (χ3v) is 4.32. The summed E-state index contributed by atoms with van der Waals surface area (Å²) in [5.74, 6) is 2.12. The minimum absolute atomic E-state index is 0.227. The number of nitrogens with one attached hydrogen (secondary N) is 1. The Balaban J connectivity index is 2.06. The highest BCUT2D eigenvalue weighted by Crippen LogP contribution is 2.43. The van der Waals surface area contributed by atoms with Gasteiger partial charge in [-0.15, -0.1) is 0 Å². The normalized spacial score (nSPS) is 19.9. The highest BCUT2D eigenvalue weighted by atomic mass is 15.2. The van der Waals surface area contributed by atoms with Crippen LogP contribution >= 0.6 is 0 Å². The number of hydrogen-bond acceptors (Lipinski definition) is 2. The first-order valence-corrected chi connectivity index (χ1v) is 7.45. The van der Waals surface area contributed by atoms with Crippen LogP contribution in [0.2, 0.25) is 0 Å². The smallest absolute Gasteiger partial charge is 0.112 e. The van der Waals surface area contributed by atoms with Crippen molar-refractivity contribution in [3.63, 3.8) is 0 Å². The molecule has 0 bridgehead atoms. The Hall–Kier alpha value is -0.830. The number of hydrogen-bond donors (Lipinski definition) is 1. The Bertz CT molecular complexity index is 441. The van der Waals surface area contributed by atoms with Gasteiger partial charge in [-0.05, 0) is 33.1 Å². The number of rotatable bonds is 4. The number of aromatic nitrogens is 2. The Morgan fingerprint density at radius 1 is 1.39 bits per heavy atom. The quantitative estimate of drug-likeness (QED) is 0.886. The van der Waals surface area contributed by atoms with E-state index in [2.05, 4.69) is 30.7 Å². The lowest BCUT2D eigenvalue weighted by Gasteiger charge is -2.31. The van der Waals surface area contributed by atoms with E-state index in [9.17, 15) is 0 Å². The minimum Gasteiger partial charge on any atom is -0.326 e. The second-order valence-electron chi connectivity index (χ2n) is 6.46. The van der Waals surface area contributed by atoms with Crippen molar-refractivity contribution in [1.29, 1.82) is 0 Å². The summed E-state index contributed by atoms with van der Waals surface area (Å²) in [5.41, 5.74) is 3.05. The van der Waals surface area contributed by atoms with Crippen LogP contribution in [0.3, 0.4) is 0 Å². The van der Waals surface area contributed by atoms with Gasteiger partial charge in [0, 0.05) is 36.7 Å². The summed E-state index contributed by atoms with van der Waals surface area (Å²) in [6.45, 7) is 9.11. The summed E-state index contributed by atoms with van der Waals surface area (Å²) in [6, 6.07) is 0. The predicted molar refractivity (Wildman–Crippen MR) is 73.8 cm³/mol.